The zero-order valence-electron chi connectivity index (χ0n) is 10.2. The Hall–Kier alpha value is -2.27. The Morgan fingerprint density at radius 1 is 1.16 bits per heavy atom. The van der Waals surface area contributed by atoms with Crippen molar-refractivity contribution in [1.29, 1.82) is 0 Å². The molecule has 5 nitrogen and oxygen atoms in total. The van der Waals surface area contributed by atoms with Crippen LogP contribution in [0.3, 0.4) is 0 Å². The Morgan fingerprint density at radius 2 is 1.74 bits per heavy atom. The van der Waals surface area contributed by atoms with E-state index in [1.807, 2.05) is 0 Å². The third-order valence-electron chi connectivity index (χ3n) is 2.96. The third kappa shape index (κ3) is 2.32. The predicted molar refractivity (Wildman–Crippen MR) is 67.6 cm³/mol. The number of benzene rings is 1. The molecular weight excluding hydrogens is 246 g/mol. The highest BCUT2D eigenvalue weighted by atomic mass is 16.2. The second kappa shape index (κ2) is 5.58. The van der Waals surface area contributed by atoms with E-state index in [-0.39, 0.29) is 13.0 Å². The number of aliphatic hydroxyl groups is 1. The second-order valence-electron chi connectivity index (χ2n) is 4.11. The molecule has 1 aromatic carbocycles. The molecule has 1 atom stereocenters. The number of carbonyl (C=O) groups is 3. The van der Waals surface area contributed by atoms with Crippen molar-refractivity contribution in [2.24, 2.45) is 0 Å². The average molecular weight is 259 g/mol. The SMILES string of the molecule is O=CCC(/C=C/CO)N1C(=O)c2ccccc2C1=O. The molecule has 1 N–H and O–H groups in total. The summed E-state index contributed by atoms with van der Waals surface area (Å²) in [5, 5.41) is 8.77. The maximum atomic E-state index is 12.2. The van der Waals surface area contributed by atoms with Gasteiger partial charge in [-0.15, -0.1) is 0 Å². The Bertz CT molecular complexity index is 515. The van der Waals surface area contributed by atoms with Crippen molar-refractivity contribution in [3.05, 3.63) is 47.5 Å². The molecule has 1 heterocycles. The van der Waals surface area contributed by atoms with E-state index in [9.17, 15) is 14.4 Å². The number of fused-ring (bicyclic) bond motifs is 1. The first-order chi connectivity index (χ1) is 9.20. The van der Waals surface area contributed by atoms with Gasteiger partial charge >= 0.3 is 0 Å². The van der Waals surface area contributed by atoms with Crippen molar-refractivity contribution in [2.75, 3.05) is 6.61 Å². The fraction of sp³-hybridized carbons (Fsp3) is 0.214. The minimum absolute atomic E-state index is 0.0158. The van der Waals surface area contributed by atoms with Crippen LogP contribution in [-0.4, -0.2) is 40.8 Å². The van der Waals surface area contributed by atoms with Crippen LogP contribution in [0.4, 0.5) is 0 Å². The number of aldehydes is 1. The number of carbonyl (C=O) groups excluding carboxylic acids is 3. The van der Waals surface area contributed by atoms with Crippen molar-refractivity contribution in [3.63, 3.8) is 0 Å². The van der Waals surface area contributed by atoms with Gasteiger partial charge in [0.1, 0.15) is 6.29 Å². The van der Waals surface area contributed by atoms with Crippen LogP contribution in [0.2, 0.25) is 0 Å². The molecule has 19 heavy (non-hydrogen) atoms. The first-order valence-electron chi connectivity index (χ1n) is 5.88. The van der Waals surface area contributed by atoms with E-state index >= 15 is 0 Å². The average Bonchev–Trinajstić information content (AvgIpc) is 2.68. The Labute approximate surface area is 110 Å². The summed E-state index contributed by atoms with van der Waals surface area (Å²) in [4.78, 5) is 36.1. The normalized spacial score (nSPS) is 15.9. The van der Waals surface area contributed by atoms with Crippen LogP contribution in [0.5, 0.6) is 0 Å². The van der Waals surface area contributed by atoms with Gasteiger partial charge < -0.3 is 9.90 Å². The number of aliphatic hydroxyl groups excluding tert-OH is 1. The van der Waals surface area contributed by atoms with E-state index in [0.29, 0.717) is 17.4 Å². The van der Waals surface area contributed by atoms with E-state index in [2.05, 4.69) is 0 Å². The van der Waals surface area contributed by atoms with Crippen molar-refractivity contribution in [2.45, 2.75) is 12.5 Å². The van der Waals surface area contributed by atoms with Gasteiger partial charge in [0.05, 0.1) is 23.8 Å². The van der Waals surface area contributed by atoms with Crippen LogP contribution in [0, 0.1) is 0 Å². The Balaban J connectivity index is 2.36. The van der Waals surface area contributed by atoms with E-state index in [1.54, 1.807) is 24.3 Å². The van der Waals surface area contributed by atoms with Crippen LogP contribution in [0.15, 0.2) is 36.4 Å². The smallest absolute Gasteiger partial charge is 0.262 e. The Morgan fingerprint density at radius 3 is 2.21 bits per heavy atom. The van der Waals surface area contributed by atoms with Crippen LogP contribution < -0.4 is 0 Å². The molecule has 0 saturated carbocycles. The lowest BCUT2D eigenvalue weighted by molar-refractivity contribution is -0.108. The zero-order chi connectivity index (χ0) is 13.8. The summed E-state index contributed by atoms with van der Waals surface area (Å²) >= 11 is 0. The molecule has 2 amide bonds. The predicted octanol–water partition coefficient (Wildman–Crippen LogP) is 0.789. The molecule has 5 heteroatoms. The maximum absolute atomic E-state index is 12.2. The number of hydrogen-bond donors (Lipinski definition) is 1. The summed E-state index contributed by atoms with van der Waals surface area (Å²) in [7, 11) is 0. The molecule has 0 aromatic heterocycles. The molecule has 1 aliphatic rings. The van der Waals surface area contributed by atoms with Crippen molar-refractivity contribution in [1.82, 2.24) is 4.90 Å². The summed E-state index contributed by atoms with van der Waals surface area (Å²) in [6.07, 6.45) is 3.58. The Kier molecular flexibility index (Phi) is 3.87. The molecule has 0 radical (unpaired) electrons. The lowest BCUT2D eigenvalue weighted by atomic mass is 10.1. The van der Waals surface area contributed by atoms with Crippen LogP contribution in [-0.2, 0) is 4.79 Å². The molecule has 0 aliphatic carbocycles. The van der Waals surface area contributed by atoms with Crippen LogP contribution in [0.25, 0.3) is 0 Å². The number of amides is 2. The highest BCUT2D eigenvalue weighted by Gasteiger charge is 2.38. The van der Waals surface area contributed by atoms with E-state index in [4.69, 9.17) is 5.11 Å². The monoisotopic (exact) mass is 259 g/mol. The summed E-state index contributed by atoms with van der Waals surface area (Å²) in [5.74, 6) is -0.815. The minimum Gasteiger partial charge on any atom is -0.392 e. The number of imide groups is 1. The summed E-state index contributed by atoms with van der Waals surface area (Å²) in [5.41, 5.74) is 0.696. The van der Waals surface area contributed by atoms with Crippen LogP contribution in [0.1, 0.15) is 27.1 Å². The van der Waals surface area contributed by atoms with E-state index < -0.39 is 17.9 Å². The highest BCUT2D eigenvalue weighted by molar-refractivity contribution is 6.21. The van der Waals surface area contributed by atoms with Gasteiger partial charge in [-0.2, -0.15) is 0 Å². The van der Waals surface area contributed by atoms with Gasteiger partial charge in [-0.05, 0) is 12.1 Å². The van der Waals surface area contributed by atoms with E-state index in [1.165, 1.54) is 12.2 Å². The molecule has 0 fully saturated rings. The van der Waals surface area contributed by atoms with Gasteiger partial charge in [-0.25, -0.2) is 0 Å². The van der Waals surface area contributed by atoms with Crippen LogP contribution >= 0.6 is 0 Å². The number of nitrogens with zero attached hydrogens (tertiary/aromatic N) is 1. The highest BCUT2D eigenvalue weighted by Crippen LogP contribution is 2.25. The molecule has 1 aromatic rings. The summed E-state index contributed by atoms with van der Waals surface area (Å²) < 4.78 is 0. The van der Waals surface area contributed by atoms with Crippen molar-refractivity contribution < 1.29 is 19.5 Å². The molecule has 0 saturated heterocycles. The lowest BCUT2D eigenvalue weighted by Crippen LogP contribution is -2.39. The molecule has 1 unspecified atom stereocenters. The van der Waals surface area contributed by atoms with Gasteiger partial charge in [-0.1, -0.05) is 24.3 Å². The molecule has 0 spiro atoms. The molecule has 98 valence electrons. The van der Waals surface area contributed by atoms with E-state index in [0.717, 1.165) is 4.90 Å². The first kappa shape index (κ1) is 13.2. The zero-order valence-corrected chi connectivity index (χ0v) is 10.2. The number of rotatable bonds is 5. The third-order valence-corrected chi connectivity index (χ3v) is 2.96. The molecule has 2 rings (SSSR count). The van der Waals surface area contributed by atoms with Gasteiger partial charge in [0.2, 0.25) is 0 Å². The van der Waals surface area contributed by atoms with Crippen molar-refractivity contribution in [3.8, 4) is 0 Å². The molecular formula is C14H13NO4. The summed E-state index contributed by atoms with van der Waals surface area (Å²) in [6.45, 7) is -0.210. The quantitative estimate of drug-likeness (QED) is 0.482. The van der Waals surface area contributed by atoms with Gasteiger partial charge in [-0.3, -0.25) is 14.5 Å². The topological polar surface area (TPSA) is 74.7 Å². The van der Waals surface area contributed by atoms with Gasteiger partial charge in [0.15, 0.2) is 0 Å². The molecule has 0 bridgehead atoms. The lowest BCUT2D eigenvalue weighted by Gasteiger charge is -2.21. The minimum atomic E-state index is -0.656. The summed E-state index contributed by atoms with van der Waals surface area (Å²) in [6, 6.07) is 5.89. The maximum Gasteiger partial charge on any atom is 0.262 e. The van der Waals surface area contributed by atoms with Gasteiger partial charge in [0, 0.05) is 6.42 Å². The fourth-order valence-electron chi connectivity index (χ4n) is 2.10. The van der Waals surface area contributed by atoms with Crippen molar-refractivity contribution >= 4 is 18.1 Å². The largest absolute Gasteiger partial charge is 0.392 e. The number of hydrogen-bond acceptors (Lipinski definition) is 4. The fourth-order valence-corrected chi connectivity index (χ4v) is 2.10. The van der Waals surface area contributed by atoms with Gasteiger partial charge in [0.25, 0.3) is 11.8 Å². The first-order valence-corrected chi connectivity index (χ1v) is 5.88. The standard InChI is InChI=1S/C14H13NO4/c16-8-3-4-10(7-9-17)15-13(18)11-5-1-2-6-12(11)14(15)19/h1-6,9-10,16H,7-8H2/b4-3+. The molecule has 1 aliphatic heterocycles. The second-order valence-corrected chi connectivity index (χ2v) is 4.11.